The maximum atomic E-state index is 12.1. The number of ketones is 1. The second-order valence-corrected chi connectivity index (χ2v) is 4.16. The fourth-order valence-electron chi connectivity index (χ4n) is 1.94. The third kappa shape index (κ3) is 3.96. The van der Waals surface area contributed by atoms with Crippen LogP contribution in [-0.2, 0) is 9.53 Å². The Morgan fingerprint density at radius 3 is 2.47 bits per heavy atom. The van der Waals surface area contributed by atoms with Crippen molar-refractivity contribution in [2.75, 3.05) is 20.8 Å². The summed E-state index contributed by atoms with van der Waals surface area (Å²) in [4.78, 5) is 12.1. The molecule has 19 heavy (non-hydrogen) atoms. The Morgan fingerprint density at radius 1 is 1.21 bits per heavy atom. The average Bonchev–Trinajstić information content (AvgIpc) is 2.44. The topological polar surface area (TPSA) is 44.8 Å². The zero-order valence-corrected chi connectivity index (χ0v) is 12.1. The number of rotatable bonds is 8. The Balaban J connectivity index is 3.10. The second-order valence-electron chi connectivity index (χ2n) is 4.16. The minimum atomic E-state index is -0.564. The van der Waals surface area contributed by atoms with E-state index in [1.165, 1.54) is 0 Å². The van der Waals surface area contributed by atoms with Crippen molar-refractivity contribution in [2.24, 2.45) is 0 Å². The Hall–Kier alpha value is -1.55. The first kappa shape index (κ1) is 15.5. The molecule has 106 valence electrons. The number of Topliss-reactive ketones (excluding diaryl/α,β-unsaturated/α-hetero) is 1. The first-order chi connectivity index (χ1) is 9.17. The van der Waals surface area contributed by atoms with Gasteiger partial charge in [0, 0.05) is 24.7 Å². The van der Waals surface area contributed by atoms with Gasteiger partial charge in [0.2, 0.25) is 0 Å². The van der Waals surface area contributed by atoms with E-state index in [9.17, 15) is 4.79 Å². The van der Waals surface area contributed by atoms with Crippen LogP contribution in [0.2, 0.25) is 0 Å². The highest BCUT2D eigenvalue weighted by molar-refractivity contribution is 5.85. The molecular formula is C15H22O4. The summed E-state index contributed by atoms with van der Waals surface area (Å²) in [7, 11) is 3.17. The molecule has 0 fully saturated rings. The fourth-order valence-corrected chi connectivity index (χ4v) is 1.94. The number of methoxy groups -OCH3 is 2. The second kappa shape index (κ2) is 7.79. The highest BCUT2D eigenvalue weighted by Gasteiger charge is 2.23. The van der Waals surface area contributed by atoms with E-state index in [0.29, 0.717) is 24.5 Å². The molecule has 0 aliphatic carbocycles. The van der Waals surface area contributed by atoms with Crippen LogP contribution in [0.3, 0.4) is 0 Å². The summed E-state index contributed by atoms with van der Waals surface area (Å²) in [5.74, 6) is 1.38. The van der Waals surface area contributed by atoms with E-state index >= 15 is 0 Å². The first-order valence-electron chi connectivity index (χ1n) is 6.54. The third-order valence-electron chi connectivity index (χ3n) is 2.85. The molecule has 0 heterocycles. The van der Waals surface area contributed by atoms with Crippen molar-refractivity contribution >= 4 is 5.78 Å². The van der Waals surface area contributed by atoms with Gasteiger partial charge in [-0.2, -0.15) is 0 Å². The van der Waals surface area contributed by atoms with E-state index in [1.807, 2.05) is 26.0 Å². The van der Waals surface area contributed by atoms with Gasteiger partial charge in [-0.15, -0.1) is 0 Å². The van der Waals surface area contributed by atoms with Crippen molar-refractivity contribution in [2.45, 2.75) is 32.8 Å². The van der Waals surface area contributed by atoms with E-state index in [-0.39, 0.29) is 5.78 Å². The molecule has 1 unspecified atom stereocenters. The maximum Gasteiger partial charge on any atom is 0.166 e. The van der Waals surface area contributed by atoms with E-state index in [0.717, 1.165) is 12.0 Å². The van der Waals surface area contributed by atoms with Crippen molar-refractivity contribution in [3.8, 4) is 11.5 Å². The predicted molar refractivity (Wildman–Crippen MR) is 73.8 cm³/mol. The number of hydrogen-bond donors (Lipinski definition) is 0. The van der Waals surface area contributed by atoms with Gasteiger partial charge in [0.15, 0.2) is 5.78 Å². The molecule has 0 N–H and O–H groups in total. The minimum absolute atomic E-state index is 0.0767. The van der Waals surface area contributed by atoms with Crippen LogP contribution in [0.1, 0.15) is 38.4 Å². The number of carbonyl (C=O) groups is 1. The summed E-state index contributed by atoms with van der Waals surface area (Å²) in [6.07, 6.45) is 0.742. The molecule has 0 bridgehead atoms. The minimum Gasteiger partial charge on any atom is -0.497 e. The van der Waals surface area contributed by atoms with E-state index < -0.39 is 6.10 Å². The van der Waals surface area contributed by atoms with Gasteiger partial charge in [0.05, 0.1) is 14.2 Å². The molecule has 4 nitrogen and oxygen atoms in total. The summed E-state index contributed by atoms with van der Waals surface area (Å²) >= 11 is 0. The van der Waals surface area contributed by atoms with Gasteiger partial charge in [-0.05, 0) is 25.5 Å². The number of ether oxygens (including phenoxy) is 3. The molecule has 0 radical (unpaired) electrons. The van der Waals surface area contributed by atoms with Crippen LogP contribution in [0.4, 0.5) is 0 Å². The van der Waals surface area contributed by atoms with Gasteiger partial charge in [0.1, 0.15) is 17.6 Å². The summed E-state index contributed by atoms with van der Waals surface area (Å²) in [6, 6.07) is 5.40. The molecule has 1 aromatic carbocycles. The molecule has 1 atom stereocenters. The maximum absolute atomic E-state index is 12.1. The average molecular weight is 266 g/mol. The van der Waals surface area contributed by atoms with Crippen molar-refractivity contribution in [1.29, 1.82) is 0 Å². The molecule has 0 aliphatic heterocycles. The number of carbonyl (C=O) groups excluding carboxylic acids is 1. The lowest BCUT2D eigenvalue weighted by Gasteiger charge is -2.19. The summed E-state index contributed by atoms with van der Waals surface area (Å²) in [6.45, 7) is 4.34. The van der Waals surface area contributed by atoms with Crippen molar-refractivity contribution in [3.63, 3.8) is 0 Å². The van der Waals surface area contributed by atoms with Crippen LogP contribution in [0.15, 0.2) is 18.2 Å². The molecule has 1 rings (SSSR count). The third-order valence-corrected chi connectivity index (χ3v) is 2.85. The molecule has 0 saturated heterocycles. The predicted octanol–water partition coefficient (Wildman–Crippen LogP) is 3.15. The molecule has 0 saturated carbocycles. The lowest BCUT2D eigenvalue weighted by atomic mass is 10.0. The summed E-state index contributed by atoms with van der Waals surface area (Å²) < 4.78 is 16.1. The Bertz CT molecular complexity index is 415. The standard InChI is InChI=1S/C15H22O4/c1-5-7-13(16)15(19-6-2)12-9-8-11(17-3)10-14(12)18-4/h8-10,15H,5-7H2,1-4H3. The quantitative estimate of drug-likeness (QED) is 0.725. The smallest absolute Gasteiger partial charge is 0.166 e. The molecular weight excluding hydrogens is 244 g/mol. The Morgan fingerprint density at radius 2 is 1.95 bits per heavy atom. The van der Waals surface area contributed by atoms with Crippen molar-refractivity contribution < 1.29 is 19.0 Å². The molecule has 0 aromatic heterocycles. The zero-order valence-electron chi connectivity index (χ0n) is 12.1. The van der Waals surface area contributed by atoms with Crippen LogP contribution < -0.4 is 9.47 Å². The largest absolute Gasteiger partial charge is 0.497 e. The number of benzene rings is 1. The van der Waals surface area contributed by atoms with Gasteiger partial charge in [-0.1, -0.05) is 6.92 Å². The van der Waals surface area contributed by atoms with Crippen LogP contribution in [0.5, 0.6) is 11.5 Å². The SMILES string of the molecule is CCCC(=O)C(OCC)c1ccc(OC)cc1OC. The molecule has 1 aromatic rings. The molecule has 0 aliphatic rings. The van der Waals surface area contributed by atoms with Gasteiger partial charge in [0.25, 0.3) is 0 Å². The Labute approximate surface area is 114 Å². The van der Waals surface area contributed by atoms with Gasteiger partial charge in [-0.3, -0.25) is 4.79 Å². The van der Waals surface area contributed by atoms with E-state index in [4.69, 9.17) is 14.2 Å². The highest BCUT2D eigenvalue weighted by Crippen LogP contribution is 2.32. The van der Waals surface area contributed by atoms with Crippen LogP contribution in [0, 0.1) is 0 Å². The Kier molecular flexibility index (Phi) is 6.36. The monoisotopic (exact) mass is 266 g/mol. The first-order valence-corrected chi connectivity index (χ1v) is 6.54. The zero-order chi connectivity index (χ0) is 14.3. The highest BCUT2D eigenvalue weighted by atomic mass is 16.5. The summed E-state index contributed by atoms with van der Waals surface area (Å²) in [5.41, 5.74) is 0.753. The lowest BCUT2D eigenvalue weighted by Crippen LogP contribution is -2.16. The van der Waals surface area contributed by atoms with E-state index in [2.05, 4.69) is 0 Å². The fraction of sp³-hybridized carbons (Fsp3) is 0.533. The van der Waals surface area contributed by atoms with Gasteiger partial charge >= 0.3 is 0 Å². The molecule has 0 amide bonds. The van der Waals surface area contributed by atoms with Crippen LogP contribution >= 0.6 is 0 Å². The van der Waals surface area contributed by atoms with Crippen LogP contribution in [-0.4, -0.2) is 26.6 Å². The van der Waals surface area contributed by atoms with Gasteiger partial charge in [-0.25, -0.2) is 0 Å². The van der Waals surface area contributed by atoms with Crippen molar-refractivity contribution in [1.82, 2.24) is 0 Å². The van der Waals surface area contributed by atoms with Gasteiger partial charge < -0.3 is 14.2 Å². The van der Waals surface area contributed by atoms with E-state index in [1.54, 1.807) is 20.3 Å². The number of hydrogen-bond acceptors (Lipinski definition) is 4. The molecule has 4 heteroatoms. The van der Waals surface area contributed by atoms with Crippen LogP contribution in [0.25, 0.3) is 0 Å². The summed E-state index contributed by atoms with van der Waals surface area (Å²) in [5, 5.41) is 0. The molecule has 0 spiro atoms. The lowest BCUT2D eigenvalue weighted by molar-refractivity contribution is -0.130. The normalized spacial score (nSPS) is 12.0. The van der Waals surface area contributed by atoms with Crippen molar-refractivity contribution in [3.05, 3.63) is 23.8 Å².